The third kappa shape index (κ3) is 3.98. The summed E-state index contributed by atoms with van der Waals surface area (Å²) in [6.45, 7) is 3.09. The maximum absolute atomic E-state index is 12.2. The third-order valence-electron chi connectivity index (χ3n) is 5.39. The van der Waals surface area contributed by atoms with Gasteiger partial charge in [0.2, 0.25) is 5.91 Å². The van der Waals surface area contributed by atoms with Crippen molar-refractivity contribution in [1.82, 2.24) is 5.32 Å². The summed E-state index contributed by atoms with van der Waals surface area (Å²) in [6.07, 6.45) is 1.90. The number of carbonyl (C=O) groups is 2. The van der Waals surface area contributed by atoms with E-state index in [-0.39, 0.29) is 24.1 Å². The van der Waals surface area contributed by atoms with Crippen LogP contribution in [0.15, 0.2) is 36.4 Å². The molecular weight excluding hydrogens is 370 g/mol. The molecule has 6 nitrogen and oxygen atoms in total. The third-order valence-corrected chi connectivity index (χ3v) is 5.39. The number of esters is 1. The zero-order valence-corrected chi connectivity index (χ0v) is 16.7. The number of aryl methyl sites for hydroxylation is 1. The van der Waals surface area contributed by atoms with E-state index >= 15 is 0 Å². The molecule has 2 aromatic carbocycles. The predicted octanol–water partition coefficient (Wildman–Crippen LogP) is 3.05. The normalized spacial score (nSPS) is 20.1. The lowest BCUT2D eigenvalue weighted by molar-refractivity contribution is -0.130. The highest BCUT2D eigenvalue weighted by Gasteiger charge is 2.30. The molecule has 2 atom stereocenters. The van der Waals surface area contributed by atoms with Crippen LogP contribution in [-0.2, 0) is 20.7 Å². The SMILES string of the molecule is COC(=O)c1ccccc1-c1cc(C)cc2c1O[C@@H](CNC(=O)[C@@H]1CCCO1)C2. The van der Waals surface area contributed by atoms with Crippen molar-refractivity contribution in [3.63, 3.8) is 0 Å². The highest BCUT2D eigenvalue weighted by Crippen LogP contribution is 2.41. The zero-order valence-electron chi connectivity index (χ0n) is 16.7. The summed E-state index contributed by atoms with van der Waals surface area (Å²) in [4.78, 5) is 24.5. The molecule has 2 aliphatic heterocycles. The Labute approximate surface area is 170 Å². The number of carbonyl (C=O) groups excluding carboxylic acids is 2. The Morgan fingerprint density at radius 3 is 2.79 bits per heavy atom. The molecule has 1 N–H and O–H groups in total. The van der Waals surface area contributed by atoms with Gasteiger partial charge >= 0.3 is 5.97 Å². The second-order valence-electron chi connectivity index (χ2n) is 7.53. The average molecular weight is 395 g/mol. The molecule has 0 aromatic heterocycles. The summed E-state index contributed by atoms with van der Waals surface area (Å²) >= 11 is 0. The number of rotatable bonds is 5. The number of methoxy groups -OCH3 is 1. The number of hydrogen-bond acceptors (Lipinski definition) is 5. The van der Waals surface area contributed by atoms with E-state index in [0.717, 1.165) is 40.8 Å². The van der Waals surface area contributed by atoms with Gasteiger partial charge in [0.1, 0.15) is 18.0 Å². The summed E-state index contributed by atoms with van der Waals surface area (Å²) in [5.74, 6) is 0.312. The first-order valence-electron chi connectivity index (χ1n) is 9.94. The van der Waals surface area contributed by atoms with Crippen LogP contribution in [0.25, 0.3) is 11.1 Å². The van der Waals surface area contributed by atoms with E-state index in [4.69, 9.17) is 14.2 Å². The molecule has 0 aliphatic carbocycles. The van der Waals surface area contributed by atoms with Crippen molar-refractivity contribution in [2.24, 2.45) is 0 Å². The first kappa shape index (κ1) is 19.5. The van der Waals surface area contributed by atoms with Gasteiger partial charge in [-0.05, 0) is 48.6 Å². The molecule has 0 saturated carbocycles. The fraction of sp³-hybridized carbons (Fsp3) is 0.391. The van der Waals surface area contributed by atoms with E-state index in [0.29, 0.717) is 25.1 Å². The number of nitrogens with one attached hydrogen (secondary N) is 1. The number of hydrogen-bond donors (Lipinski definition) is 1. The van der Waals surface area contributed by atoms with Crippen LogP contribution >= 0.6 is 0 Å². The van der Waals surface area contributed by atoms with E-state index in [2.05, 4.69) is 11.4 Å². The summed E-state index contributed by atoms with van der Waals surface area (Å²) in [5.41, 5.74) is 4.32. The van der Waals surface area contributed by atoms with E-state index in [1.54, 1.807) is 6.07 Å². The molecule has 0 spiro atoms. The minimum atomic E-state index is -0.380. The van der Waals surface area contributed by atoms with Crippen LogP contribution in [0.3, 0.4) is 0 Å². The van der Waals surface area contributed by atoms with Crippen molar-refractivity contribution in [2.75, 3.05) is 20.3 Å². The lowest BCUT2D eigenvalue weighted by Gasteiger charge is -2.16. The average Bonchev–Trinajstić information content (AvgIpc) is 3.40. The maximum Gasteiger partial charge on any atom is 0.338 e. The Balaban J connectivity index is 1.56. The molecule has 4 rings (SSSR count). The number of amides is 1. The fourth-order valence-corrected chi connectivity index (χ4v) is 4.03. The van der Waals surface area contributed by atoms with Crippen molar-refractivity contribution < 1.29 is 23.8 Å². The molecule has 0 unspecified atom stereocenters. The summed E-state index contributed by atoms with van der Waals surface area (Å²) in [7, 11) is 1.38. The van der Waals surface area contributed by atoms with Crippen molar-refractivity contribution >= 4 is 11.9 Å². The second-order valence-corrected chi connectivity index (χ2v) is 7.53. The van der Waals surface area contributed by atoms with Gasteiger partial charge in [0.05, 0.1) is 19.2 Å². The lowest BCUT2D eigenvalue weighted by atomic mass is 9.94. The molecule has 152 valence electrons. The number of benzene rings is 2. The molecule has 1 fully saturated rings. The summed E-state index contributed by atoms with van der Waals surface area (Å²) < 4.78 is 16.6. The van der Waals surface area contributed by atoms with Crippen molar-refractivity contribution in [3.8, 4) is 16.9 Å². The van der Waals surface area contributed by atoms with Gasteiger partial charge < -0.3 is 19.5 Å². The molecule has 2 heterocycles. The topological polar surface area (TPSA) is 73.9 Å². The van der Waals surface area contributed by atoms with E-state index in [1.807, 2.05) is 31.2 Å². The lowest BCUT2D eigenvalue weighted by Crippen LogP contribution is -2.40. The predicted molar refractivity (Wildman–Crippen MR) is 108 cm³/mol. The van der Waals surface area contributed by atoms with Gasteiger partial charge in [0, 0.05) is 18.6 Å². The van der Waals surface area contributed by atoms with Gasteiger partial charge in [0.15, 0.2) is 0 Å². The zero-order chi connectivity index (χ0) is 20.4. The monoisotopic (exact) mass is 395 g/mol. The van der Waals surface area contributed by atoms with Crippen LogP contribution in [0.2, 0.25) is 0 Å². The van der Waals surface area contributed by atoms with Gasteiger partial charge in [-0.15, -0.1) is 0 Å². The van der Waals surface area contributed by atoms with Crippen LogP contribution in [0.5, 0.6) is 5.75 Å². The summed E-state index contributed by atoms with van der Waals surface area (Å²) in [5, 5.41) is 2.95. The Kier molecular flexibility index (Phi) is 5.53. The van der Waals surface area contributed by atoms with Gasteiger partial charge in [-0.3, -0.25) is 4.79 Å². The molecule has 0 radical (unpaired) electrons. The van der Waals surface area contributed by atoms with Gasteiger partial charge in [-0.1, -0.05) is 24.3 Å². The number of fused-ring (bicyclic) bond motifs is 1. The second kappa shape index (κ2) is 8.25. The molecule has 6 heteroatoms. The Bertz CT molecular complexity index is 933. The quantitative estimate of drug-likeness (QED) is 0.788. The standard InChI is InChI=1S/C23H25NO5/c1-14-10-15-12-16(13-24-22(25)20-8-5-9-28-20)29-21(15)19(11-14)17-6-3-4-7-18(17)23(26)27-2/h3-4,6-7,10-11,16,20H,5,8-9,12-13H2,1-2H3,(H,24,25)/t16-,20+/m1/s1. The molecular formula is C23H25NO5. The highest BCUT2D eigenvalue weighted by atomic mass is 16.5. The Hall–Kier alpha value is -2.86. The fourth-order valence-electron chi connectivity index (χ4n) is 4.03. The Morgan fingerprint density at radius 2 is 2.03 bits per heavy atom. The molecule has 1 amide bonds. The van der Waals surface area contributed by atoms with Crippen LogP contribution in [0.1, 0.15) is 34.3 Å². The summed E-state index contributed by atoms with van der Waals surface area (Å²) in [6, 6.07) is 11.5. The minimum absolute atomic E-state index is 0.0745. The van der Waals surface area contributed by atoms with Crippen LogP contribution in [0, 0.1) is 6.92 Å². The number of ether oxygens (including phenoxy) is 3. The van der Waals surface area contributed by atoms with E-state index in [1.165, 1.54) is 7.11 Å². The van der Waals surface area contributed by atoms with Crippen molar-refractivity contribution in [2.45, 2.75) is 38.4 Å². The first-order chi connectivity index (χ1) is 14.1. The molecule has 2 aliphatic rings. The van der Waals surface area contributed by atoms with Crippen molar-refractivity contribution in [3.05, 3.63) is 53.1 Å². The van der Waals surface area contributed by atoms with Crippen LogP contribution in [0.4, 0.5) is 0 Å². The smallest absolute Gasteiger partial charge is 0.338 e. The van der Waals surface area contributed by atoms with Gasteiger partial charge in [-0.2, -0.15) is 0 Å². The minimum Gasteiger partial charge on any atom is -0.487 e. The van der Waals surface area contributed by atoms with E-state index < -0.39 is 0 Å². The van der Waals surface area contributed by atoms with Crippen LogP contribution in [-0.4, -0.2) is 44.3 Å². The highest BCUT2D eigenvalue weighted by molar-refractivity contribution is 5.98. The largest absolute Gasteiger partial charge is 0.487 e. The van der Waals surface area contributed by atoms with Crippen LogP contribution < -0.4 is 10.1 Å². The molecule has 2 aromatic rings. The van der Waals surface area contributed by atoms with E-state index in [9.17, 15) is 9.59 Å². The van der Waals surface area contributed by atoms with Gasteiger partial charge in [0.25, 0.3) is 0 Å². The van der Waals surface area contributed by atoms with Crippen molar-refractivity contribution in [1.29, 1.82) is 0 Å². The molecule has 0 bridgehead atoms. The Morgan fingerprint density at radius 1 is 1.21 bits per heavy atom. The maximum atomic E-state index is 12.2. The molecule has 1 saturated heterocycles. The molecule has 29 heavy (non-hydrogen) atoms. The first-order valence-corrected chi connectivity index (χ1v) is 9.94. The van der Waals surface area contributed by atoms with Gasteiger partial charge in [-0.25, -0.2) is 4.79 Å².